The lowest BCUT2D eigenvalue weighted by Crippen LogP contribution is -2.54. The van der Waals surface area contributed by atoms with E-state index in [1.54, 1.807) is 4.90 Å². The second-order valence-electron chi connectivity index (χ2n) is 7.40. The first-order valence-corrected chi connectivity index (χ1v) is 9.01. The Balaban J connectivity index is 1.76. The number of Topliss-reactive ketones (excluding diaryl/α,β-unsaturated/α-hetero) is 1. The number of carbonyl (C=O) groups excluding carboxylic acids is 2. The highest BCUT2D eigenvalue weighted by atomic mass is 16.2. The molecule has 2 aromatic carbocycles. The number of amides is 1. The van der Waals surface area contributed by atoms with Crippen LogP contribution in [0, 0.1) is 11.3 Å². The SMILES string of the molecule is C=C(c1ccc2ccccc2c1)[C@H]1CCN(C)C(=O)[C@@]12CCCC2=O. The number of piperidine rings is 1. The zero-order chi connectivity index (χ0) is 17.6. The molecule has 25 heavy (non-hydrogen) atoms. The van der Waals surface area contributed by atoms with Gasteiger partial charge in [-0.2, -0.15) is 0 Å². The van der Waals surface area contributed by atoms with Gasteiger partial charge in [-0.15, -0.1) is 0 Å². The average Bonchev–Trinajstić information content (AvgIpc) is 3.01. The molecule has 0 N–H and O–H groups in total. The van der Waals surface area contributed by atoms with Crippen LogP contribution in [0.3, 0.4) is 0 Å². The van der Waals surface area contributed by atoms with Gasteiger partial charge < -0.3 is 4.90 Å². The zero-order valence-electron chi connectivity index (χ0n) is 14.6. The Morgan fingerprint density at radius 3 is 2.64 bits per heavy atom. The summed E-state index contributed by atoms with van der Waals surface area (Å²) in [7, 11) is 1.81. The van der Waals surface area contributed by atoms with Crippen LogP contribution in [-0.2, 0) is 9.59 Å². The molecule has 1 heterocycles. The number of likely N-dealkylation sites (tertiary alicyclic amines) is 1. The number of hydrogen-bond acceptors (Lipinski definition) is 2. The maximum Gasteiger partial charge on any atom is 0.236 e. The van der Waals surface area contributed by atoms with Crippen LogP contribution in [0.4, 0.5) is 0 Å². The Kier molecular flexibility index (Phi) is 3.75. The van der Waals surface area contributed by atoms with Gasteiger partial charge in [0.1, 0.15) is 11.2 Å². The lowest BCUT2D eigenvalue weighted by molar-refractivity contribution is -0.153. The van der Waals surface area contributed by atoms with Crippen LogP contribution in [0.15, 0.2) is 49.0 Å². The third-order valence-electron chi connectivity index (χ3n) is 6.09. The van der Waals surface area contributed by atoms with E-state index in [2.05, 4.69) is 36.9 Å². The molecule has 0 aromatic heterocycles. The van der Waals surface area contributed by atoms with Crippen molar-refractivity contribution in [1.82, 2.24) is 4.90 Å². The third kappa shape index (κ3) is 2.33. The molecule has 1 aliphatic heterocycles. The molecule has 1 spiro atoms. The molecule has 2 fully saturated rings. The largest absolute Gasteiger partial charge is 0.345 e. The summed E-state index contributed by atoms with van der Waals surface area (Å²) < 4.78 is 0. The Labute approximate surface area is 148 Å². The van der Waals surface area contributed by atoms with Gasteiger partial charge in [-0.1, -0.05) is 43.0 Å². The Hall–Kier alpha value is -2.42. The van der Waals surface area contributed by atoms with Gasteiger partial charge in [0.2, 0.25) is 5.91 Å². The highest BCUT2D eigenvalue weighted by Crippen LogP contribution is 2.51. The molecule has 2 aliphatic rings. The maximum atomic E-state index is 13.0. The van der Waals surface area contributed by atoms with Crippen LogP contribution in [0.1, 0.15) is 31.2 Å². The van der Waals surface area contributed by atoms with Crippen molar-refractivity contribution in [3.8, 4) is 0 Å². The van der Waals surface area contributed by atoms with Crippen LogP contribution in [0.5, 0.6) is 0 Å². The van der Waals surface area contributed by atoms with Gasteiger partial charge in [-0.05, 0) is 47.2 Å². The molecule has 2 atom stereocenters. The van der Waals surface area contributed by atoms with E-state index >= 15 is 0 Å². The number of hydrogen-bond donors (Lipinski definition) is 0. The van der Waals surface area contributed by atoms with Gasteiger partial charge in [-0.3, -0.25) is 9.59 Å². The first-order valence-electron chi connectivity index (χ1n) is 9.01. The van der Waals surface area contributed by atoms with E-state index in [1.165, 1.54) is 5.39 Å². The molecule has 1 amide bonds. The molecule has 1 saturated carbocycles. The summed E-state index contributed by atoms with van der Waals surface area (Å²) >= 11 is 0. The van der Waals surface area contributed by atoms with Crippen LogP contribution in [0.2, 0.25) is 0 Å². The lowest BCUT2D eigenvalue weighted by Gasteiger charge is -2.43. The summed E-state index contributed by atoms with van der Waals surface area (Å²) in [5.41, 5.74) is 1.10. The van der Waals surface area contributed by atoms with Crippen molar-refractivity contribution in [2.24, 2.45) is 11.3 Å². The molecular formula is C22H23NO2. The summed E-state index contributed by atoms with van der Waals surface area (Å²) in [5.74, 6) is 0.0107. The van der Waals surface area contributed by atoms with Crippen LogP contribution >= 0.6 is 0 Å². The van der Waals surface area contributed by atoms with Gasteiger partial charge in [-0.25, -0.2) is 0 Å². The summed E-state index contributed by atoms with van der Waals surface area (Å²) in [6.45, 7) is 5.03. The molecule has 0 bridgehead atoms. The number of carbonyl (C=O) groups is 2. The highest BCUT2D eigenvalue weighted by molar-refractivity contribution is 6.09. The van der Waals surface area contributed by atoms with E-state index in [4.69, 9.17) is 0 Å². The van der Waals surface area contributed by atoms with Crippen LogP contribution in [0.25, 0.3) is 16.3 Å². The summed E-state index contributed by atoms with van der Waals surface area (Å²) in [4.78, 5) is 27.5. The maximum absolute atomic E-state index is 13.0. The summed E-state index contributed by atoms with van der Waals surface area (Å²) in [5, 5.41) is 2.34. The number of benzene rings is 2. The molecule has 4 rings (SSSR count). The first-order chi connectivity index (χ1) is 12.0. The van der Waals surface area contributed by atoms with Gasteiger partial charge in [0, 0.05) is 25.9 Å². The standard InChI is InChI=1S/C22H23NO2/c1-15(17-10-9-16-6-3-4-7-18(16)14-17)19-11-13-23(2)21(25)22(19)12-5-8-20(22)24/h3-4,6-7,9-10,14,19H,1,5,8,11-13H2,2H3/t19-,22+/m1/s1. The molecule has 2 aromatic rings. The number of allylic oxidation sites excluding steroid dienone is 1. The second kappa shape index (κ2) is 5.83. The van der Waals surface area contributed by atoms with Gasteiger partial charge in [0.25, 0.3) is 0 Å². The molecule has 128 valence electrons. The van der Waals surface area contributed by atoms with Crippen molar-refractivity contribution in [3.63, 3.8) is 0 Å². The first kappa shape index (κ1) is 16.1. The molecule has 0 radical (unpaired) electrons. The van der Waals surface area contributed by atoms with Crippen molar-refractivity contribution in [2.45, 2.75) is 25.7 Å². The highest BCUT2D eigenvalue weighted by Gasteiger charge is 2.57. The monoisotopic (exact) mass is 333 g/mol. The predicted molar refractivity (Wildman–Crippen MR) is 100 cm³/mol. The fraction of sp³-hybridized carbons (Fsp3) is 0.364. The zero-order valence-corrected chi connectivity index (χ0v) is 14.6. The average molecular weight is 333 g/mol. The van der Waals surface area contributed by atoms with E-state index in [0.717, 1.165) is 29.4 Å². The molecular weight excluding hydrogens is 310 g/mol. The Morgan fingerprint density at radius 2 is 1.92 bits per heavy atom. The third-order valence-corrected chi connectivity index (χ3v) is 6.09. The van der Waals surface area contributed by atoms with Crippen molar-refractivity contribution in [1.29, 1.82) is 0 Å². The smallest absolute Gasteiger partial charge is 0.236 e. The lowest BCUT2D eigenvalue weighted by atomic mass is 9.64. The Bertz CT molecular complexity index is 884. The minimum atomic E-state index is -0.879. The Morgan fingerprint density at radius 1 is 1.16 bits per heavy atom. The minimum absolute atomic E-state index is 0.00631. The molecule has 3 nitrogen and oxygen atoms in total. The van der Waals surface area contributed by atoms with Crippen molar-refractivity contribution < 1.29 is 9.59 Å². The van der Waals surface area contributed by atoms with Crippen molar-refractivity contribution >= 4 is 28.0 Å². The van der Waals surface area contributed by atoms with Gasteiger partial charge in [0.15, 0.2) is 0 Å². The van der Waals surface area contributed by atoms with E-state index in [9.17, 15) is 9.59 Å². The van der Waals surface area contributed by atoms with Crippen LogP contribution < -0.4 is 0 Å². The number of fused-ring (bicyclic) bond motifs is 1. The molecule has 1 saturated heterocycles. The second-order valence-corrected chi connectivity index (χ2v) is 7.40. The van der Waals surface area contributed by atoms with E-state index in [0.29, 0.717) is 19.4 Å². The van der Waals surface area contributed by atoms with Crippen molar-refractivity contribution in [3.05, 3.63) is 54.6 Å². The van der Waals surface area contributed by atoms with E-state index in [-0.39, 0.29) is 17.6 Å². The predicted octanol–water partition coefficient (Wildman–Crippen LogP) is 4.07. The number of rotatable bonds is 2. The number of nitrogens with zero attached hydrogens (tertiary/aromatic N) is 1. The van der Waals surface area contributed by atoms with Gasteiger partial charge >= 0.3 is 0 Å². The van der Waals surface area contributed by atoms with E-state index in [1.807, 2.05) is 19.2 Å². The van der Waals surface area contributed by atoms with E-state index < -0.39 is 5.41 Å². The fourth-order valence-electron chi connectivity index (χ4n) is 4.71. The molecule has 0 unspecified atom stereocenters. The topological polar surface area (TPSA) is 37.4 Å². The summed E-state index contributed by atoms with van der Waals surface area (Å²) in [6.07, 6.45) is 2.78. The van der Waals surface area contributed by atoms with Crippen LogP contribution in [-0.4, -0.2) is 30.2 Å². The normalized spacial score (nSPS) is 26.6. The minimum Gasteiger partial charge on any atom is -0.345 e. The van der Waals surface area contributed by atoms with Gasteiger partial charge in [0.05, 0.1) is 0 Å². The van der Waals surface area contributed by atoms with Crippen molar-refractivity contribution in [2.75, 3.05) is 13.6 Å². The quantitative estimate of drug-likeness (QED) is 0.777. The summed E-state index contributed by atoms with van der Waals surface area (Å²) in [6, 6.07) is 14.5. The fourth-order valence-corrected chi connectivity index (χ4v) is 4.71. The molecule has 1 aliphatic carbocycles. The molecule has 3 heteroatoms. The number of ketones is 1.